The number of rotatable bonds is 4. The number of ether oxygens (including phenoxy) is 1. The SMILES string of the molecule is CC(C)(CC(=O)O)CC(=O)N1CCN(C(=O)OC(C)(C)C)CC1. The molecule has 0 aliphatic carbocycles. The fourth-order valence-electron chi connectivity index (χ4n) is 2.46. The van der Waals surface area contributed by atoms with Crippen molar-refractivity contribution >= 4 is 18.0 Å². The Bertz CT molecular complexity index is 460. The Morgan fingerprint density at radius 1 is 0.913 bits per heavy atom. The maximum atomic E-state index is 12.3. The second-order valence-corrected chi connectivity index (χ2v) is 7.76. The first-order valence-electron chi connectivity index (χ1n) is 7.87. The highest BCUT2D eigenvalue weighted by Gasteiger charge is 2.31. The lowest BCUT2D eigenvalue weighted by molar-refractivity contribution is -0.141. The van der Waals surface area contributed by atoms with Crippen LogP contribution in [0.25, 0.3) is 0 Å². The minimum Gasteiger partial charge on any atom is -0.481 e. The molecule has 0 spiro atoms. The van der Waals surface area contributed by atoms with E-state index in [1.807, 2.05) is 20.8 Å². The number of piperazine rings is 1. The number of carboxylic acids is 1. The van der Waals surface area contributed by atoms with Gasteiger partial charge in [0, 0.05) is 32.6 Å². The Morgan fingerprint density at radius 2 is 1.39 bits per heavy atom. The molecule has 0 unspecified atom stereocenters. The highest BCUT2D eigenvalue weighted by molar-refractivity contribution is 5.78. The molecular formula is C16H28N2O5. The predicted octanol–water partition coefficient (Wildman–Crippen LogP) is 1.96. The predicted molar refractivity (Wildman–Crippen MR) is 85.0 cm³/mol. The molecule has 0 aromatic rings. The summed E-state index contributed by atoms with van der Waals surface area (Å²) in [4.78, 5) is 38.4. The van der Waals surface area contributed by atoms with E-state index in [0.717, 1.165) is 0 Å². The fourth-order valence-corrected chi connectivity index (χ4v) is 2.46. The number of nitrogens with zero attached hydrogens (tertiary/aromatic N) is 2. The highest BCUT2D eigenvalue weighted by Crippen LogP contribution is 2.26. The molecule has 0 saturated carbocycles. The van der Waals surface area contributed by atoms with E-state index < -0.39 is 17.0 Å². The third kappa shape index (κ3) is 6.88. The van der Waals surface area contributed by atoms with Gasteiger partial charge in [-0.1, -0.05) is 13.8 Å². The van der Waals surface area contributed by atoms with E-state index in [-0.39, 0.29) is 24.8 Å². The zero-order valence-electron chi connectivity index (χ0n) is 14.7. The lowest BCUT2D eigenvalue weighted by Crippen LogP contribution is -2.52. The van der Waals surface area contributed by atoms with Crippen LogP contribution in [0.3, 0.4) is 0 Å². The molecule has 1 fully saturated rings. The number of amides is 2. The molecule has 7 nitrogen and oxygen atoms in total. The molecule has 0 atom stereocenters. The molecule has 2 amide bonds. The van der Waals surface area contributed by atoms with Crippen molar-refractivity contribution in [2.45, 2.75) is 53.1 Å². The van der Waals surface area contributed by atoms with E-state index in [1.165, 1.54) is 0 Å². The first-order chi connectivity index (χ1) is 10.4. The molecule has 0 aromatic carbocycles. The minimum absolute atomic E-state index is 0.0450. The van der Waals surface area contributed by atoms with Gasteiger partial charge in [0.25, 0.3) is 0 Å². The average Bonchev–Trinajstić information content (AvgIpc) is 2.34. The smallest absolute Gasteiger partial charge is 0.410 e. The van der Waals surface area contributed by atoms with E-state index in [1.54, 1.807) is 23.6 Å². The van der Waals surface area contributed by atoms with Gasteiger partial charge in [0.05, 0.1) is 6.42 Å². The van der Waals surface area contributed by atoms with Crippen LogP contribution in [-0.4, -0.2) is 64.7 Å². The molecule has 1 saturated heterocycles. The number of hydrogen-bond donors (Lipinski definition) is 1. The molecule has 1 aliphatic heterocycles. The zero-order chi connectivity index (χ0) is 17.8. The van der Waals surface area contributed by atoms with Gasteiger partial charge >= 0.3 is 12.1 Å². The lowest BCUT2D eigenvalue weighted by Gasteiger charge is -2.36. The van der Waals surface area contributed by atoms with E-state index in [0.29, 0.717) is 26.2 Å². The minimum atomic E-state index is -0.905. The molecule has 0 radical (unpaired) electrons. The molecule has 0 bridgehead atoms. The highest BCUT2D eigenvalue weighted by atomic mass is 16.6. The number of carbonyl (C=O) groups excluding carboxylic acids is 2. The van der Waals surface area contributed by atoms with Crippen LogP contribution in [0.5, 0.6) is 0 Å². The van der Waals surface area contributed by atoms with Crippen molar-refractivity contribution < 1.29 is 24.2 Å². The van der Waals surface area contributed by atoms with Crippen molar-refractivity contribution in [2.24, 2.45) is 5.41 Å². The van der Waals surface area contributed by atoms with Gasteiger partial charge in [-0.25, -0.2) is 4.79 Å². The quantitative estimate of drug-likeness (QED) is 0.852. The van der Waals surface area contributed by atoms with Crippen LogP contribution in [0.1, 0.15) is 47.5 Å². The van der Waals surface area contributed by atoms with E-state index in [9.17, 15) is 14.4 Å². The summed E-state index contributed by atoms with van der Waals surface area (Å²) in [6, 6.07) is 0. The van der Waals surface area contributed by atoms with Crippen molar-refractivity contribution in [3.8, 4) is 0 Å². The number of carboxylic acid groups (broad SMARTS) is 1. The molecule has 23 heavy (non-hydrogen) atoms. The van der Waals surface area contributed by atoms with Crippen molar-refractivity contribution in [2.75, 3.05) is 26.2 Å². The van der Waals surface area contributed by atoms with Crippen molar-refractivity contribution in [3.05, 3.63) is 0 Å². The first kappa shape index (κ1) is 19.3. The second-order valence-electron chi connectivity index (χ2n) is 7.76. The summed E-state index contributed by atoms with van der Waals surface area (Å²) in [6.45, 7) is 10.7. The lowest BCUT2D eigenvalue weighted by atomic mass is 9.85. The van der Waals surface area contributed by atoms with E-state index >= 15 is 0 Å². The van der Waals surface area contributed by atoms with Gasteiger partial charge in [-0.3, -0.25) is 9.59 Å². The number of aliphatic carboxylic acids is 1. The Morgan fingerprint density at radius 3 is 1.83 bits per heavy atom. The van der Waals surface area contributed by atoms with Crippen LogP contribution in [0.15, 0.2) is 0 Å². The Kier molecular flexibility index (Phi) is 6.02. The maximum Gasteiger partial charge on any atom is 0.410 e. The third-order valence-electron chi connectivity index (χ3n) is 3.54. The second kappa shape index (κ2) is 7.19. The molecule has 7 heteroatoms. The third-order valence-corrected chi connectivity index (χ3v) is 3.54. The molecule has 1 rings (SSSR count). The van der Waals surface area contributed by atoms with Gasteiger partial charge in [0.1, 0.15) is 5.60 Å². The van der Waals surface area contributed by atoms with Crippen LogP contribution in [0, 0.1) is 5.41 Å². The molecule has 132 valence electrons. The average molecular weight is 328 g/mol. The summed E-state index contributed by atoms with van der Waals surface area (Å²) in [7, 11) is 0. The van der Waals surface area contributed by atoms with Gasteiger partial charge in [-0.2, -0.15) is 0 Å². The summed E-state index contributed by atoms with van der Waals surface area (Å²) in [5.74, 6) is -0.974. The number of hydrogen-bond acceptors (Lipinski definition) is 4. The summed E-state index contributed by atoms with van der Waals surface area (Å²) in [5.41, 5.74) is -1.11. The maximum absolute atomic E-state index is 12.3. The van der Waals surface area contributed by atoms with Gasteiger partial charge in [0.15, 0.2) is 0 Å². The molecular weight excluding hydrogens is 300 g/mol. The normalized spacial score (nSPS) is 16.2. The van der Waals surface area contributed by atoms with Crippen LogP contribution in [0.4, 0.5) is 4.79 Å². The summed E-state index contributed by atoms with van der Waals surface area (Å²) in [6.07, 6.45) is -0.224. The summed E-state index contributed by atoms with van der Waals surface area (Å²) >= 11 is 0. The Hall–Kier alpha value is -1.79. The van der Waals surface area contributed by atoms with Crippen molar-refractivity contribution in [3.63, 3.8) is 0 Å². The largest absolute Gasteiger partial charge is 0.481 e. The molecule has 1 aliphatic rings. The van der Waals surface area contributed by atoms with Gasteiger partial charge in [-0.15, -0.1) is 0 Å². The first-order valence-corrected chi connectivity index (χ1v) is 7.87. The molecule has 0 aromatic heterocycles. The van der Waals surface area contributed by atoms with E-state index in [4.69, 9.17) is 9.84 Å². The Labute approximate surface area is 137 Å². The zero-order valence-corrected chi connectivity index (χ0v) is 14.7. The summed E-state index contributed by atoms with van der Waals surface area (Å²) in [5, 5.41) is 8.88. The van der Waals surface area contributed by atoms with Crippen LogP contribution >= 0.6 is 0 Å². The molecule has 1 heterocycles. The fraction of sp³-hybridized carbons (Fsp3) is 0.812. The van der Waals surface area contributed by atoms with Crippen LogP contribution in [0.2, 0.25) is 0 Å². The molecule has 1 N–H and O–H groups in total. The monoisotopic (exact) mass is 328 g/mol. The van der Waals surface area contributed by atoms with Gasteiger partial charge in [-0.05, 0) is 26.2 Å². The summed E-state index contributed by atoms with van der Waals surface area (Å²) < 4.78 is 5.32. The van der Waals surface area contributed by atoms with Crippen molar-refractivity contribution in [1.29, 1.82) is 0 Å². The van der Waals surface area contributed by atoms with E-state index in [2.05, 4.69) is 0 Å². The van der Waals surface area contributed by atoms with Crippen molar-refractivity contribution in [1.82, 2.24) is 9.80 Å². The van der Waals surface area contributed by atoms with Crippen LogP contribution < -0.4 is 0 Å². The van der Waals surface area contributed by atoms with Crippen LogP contribution in [-0.2, 0) is 14.3 Å². The van der Waals surface area contributed by atoms with Gasteiger partial charge in [0.2, 0.25) is 5.91 Å². The number of carbonyl (C=O) groups is 3. The topological polar surface area (TPSA) is 87.2 Å². The standard InChI is InChI=1S/C16H28N2O5/c1-15(2,3)23-14(22)18-8-6-17(7-9-18)12(19)10-16(4,5)11-13(20)21/h6-11H2,1-5H3,(H,20,21). The Balaban J connectivity index is 2.48. The van der Waals surface area contributed by atoms with Gasteiger partial charge < -0.3 is 19.6 Å².